The molecule has 20 rings (SSSR count). The molecule has 8 aromatic carbocycles. The molecule has 10 aromatic rings. The molecule has 5 fully saturated rings. The van der Waals surface area contributed by atoms with Crippen LogP contribution in [-0.2, 0) is 52.8 Å². The van der Waals surface area contributed by atoms with E-state index in [1.165, 1.54) is 91.0 Å². The van der Waals surface area contributed by atoms with Crippen LogP contribution in [0.5, 0.6) is 0 Å². The maximum atomic E-state index is 14.4. The second kappa shape index (κ2) is 36.5. The molecule has 12 heterocycles. The molecule has 0 saturated carbocycles. The van der Waals surface area contributed by atoms with Crippen LogP contribution in [0.2, 0.25) is 0 Å². The summed E-state index contributed by atoms with van der Waals surface area (Å²) in [5.74, 6) is 0.813. The van der Waals surface area contributed by atoms with Crippen LogP contribution in [-0.4, -0.2) is 96.6 Å². The molecule has 0 aliphatic carbocycles. The highest BCUT2D eigenvalue weighted by molar-refractivity contribution is 8.04. The Hall–Kier alpha value is -8.63. The molecule has 10 aliphatic rings. The first-order chi connectivity index (χ1) is 56.2. The molecule has 115 heavy (non-hydrogen) atoms. The summed E-state index contributed by atoms with van der Waals surface area (Å²) in [7, 11) is 0. The summed E-state index contributed by atoms with van der Waals surface area (Å²) >= 11 is 5.78. The number of benzene rings is 8. The summed E-state index contributed by atoms with van der Waals surface area (Å²) in [4.78, 5) is 1.86. The van der Waals surface area contributed by atoms with E-state index in [1.807, 2.05) is 84.9 Å². The highest BCUT2D eigenvalue weighted by Gasteiger charge is 2.47. The highest BCUT2D eigenvalue weighted by Crippen LogP contribution is 2.52. The van der Waals surface area contributed by atoms with Crippen molar-refractivity contribution in [2.45, 2.75) is 167 Å². The number of thiocyanates is 2. The Morgan fingerprint density at radius 2 is 0.678 bits per heavy atom. The first-order valence-corrected chi connectivity index (χ1v) is 43.4. The summed E-state index contributed by atoms with van der Waals surface area (Å²) in [6.45, 7) is 21.7. The first-order valence-electron chi connectivity index (χ1n) is 39.8. The van der Waals surface area contributed by atoms with E-state index in [-0.39, 0.29) is 102 Å². The SMILES string of the molecule is CC(C)(C)c1ccc2c(c1)C1OCCOC1C(c1ccccc1F)N2.CC(C)c1ccc2c(c1)C1OCCOC1C(c1ccsc1)N2.CC(C)c1ccc2c(c1)[C@@H]1OCCO[C@@H]1[C@@H](c1ccsc1)N2.N#CSc1ccc2c(c1)C1OCCOC1C(c1ccccc1)N2.N#CSc1ccc2c(c1)[C@H]1OCCO[C@H]1C(c1ccccc1)N2. The number of rotatable bonds is 9. The zero-order valence-electron chi connectivity index (χ0n) is 65.6. The number of hydrogen-bond acceptors (Lipinski definition) is 21. The van der Waals surface area contributed by atoms with Crippen molar-refractivity contribution in [1.82, 2.24) is 0 Å². The lowest BCUT2D eigenvalue weighted by Gasteiger charge is -2.43. The zero-order chi connectivity index (χ0) is 79.1. The lowest BCUT2D eigenvalue weighted by molar-refractivity contribution is -0.151. The molecule has 5 saturated heterocycles. The van der Waals surface area contributed by atoms with Crippen LogP contribution < -0.4 is 26.6 Å². The third-order valence-electron chi connectivity index (χ3n) is 22.8. The molecule has 0 bridgehead atoms. The first kappa shape index (κ1) is 80.2. The lowest BCUT2D eigenvalue weighted by atomic mass is 9.82. The number of thioether (sulfide) groups is 2. The van der Waals surface area contributed by atoms with Gasteiger partial charge < -0.3 is 74.0 Å². The van der Waals surface area contributed by atoms with Gasteiger partial charge in [0.25, 0.3) is 0 Å². The van der Waals surface area contributed by atoms with Gasteiger partial charge in [-0.2, -0.15) is 33.2 Å². The normalized spacial score (nSPS) is 26.2. The fourth-order valence-electron chi connectivity index (χ4n) is 17.0. The topological polar surface area (TPSA) is 200 Å². The molecule has 10 unspecified atom stereocenters. The molecule has 2 aromatic heterocycles. The van der Waals surface area contributed by atoms with Gasteiger partial charge in [0.15, 0.2) is 0 Å². The smallest absolute Gasteiger partial charge is 0.138 e. The molecule has 17 nitrogen and oxygen atoms in total. The minimum absolute atomic E-state index is 0.0219. The van der Waals surface area contributed by atoms with Gasteiger partial charge in [-0.05, 0) is 174 Å². The molecule has 22 heteroatoms. The van der Waals surface area contributed by atoms with Gasteiger partial charge in [0.1, 0.15) is 77.7 Å². The van der Waals surface area contributed by atoms with E-state index in [0.717, 1.165) is 43.5 Å². The van der Waals surface area contributed by atoms with Crippen LogP contribution in [0.4, 0.5) is 32.8 Å². The quantitative estimate of drug-likeness (QED) is 0.0674. The summed E-state index contributed by atoms with van der Waals surface area (Å²) in [6, 6.07) is 63.9. The maximum Gasteiger partial charge on any atom is 0.138 e. The number of nitriles is 2. The van der Waals surface area contributed by atoms with Gasteiger partial charge in [0, 0.05) is 71.6 Å². The van der Waals surface area contributed by atoms with Crippen molar-refractivity contribution >= 4 is 74.6 Å². The molecule has 0 radical (unpaired) electrons. The number of nitrogens with zero attached hydrogens (tertiary/aromatic N) is 2. The third-order valence-corrected chi connectivity index (χ3v) is 25.4. The Labute approximate surface area is 690 Å². The van der Waals surface area contributed by atoms with Crippen molar-refractivity contribution in [3.05, 3.63) is 288 Å². The van der Waals surface area contributed by atoms with Crippen LogP contribution in [0.25, 0.3) is 0 Å². The predicted molar refractivity (Wildman–Crippen MR) is 454 cm³/mol. The van der Waals surface area contributed by atoms with Gasteiger partial charge in [-0.1, -0.05) is 164 Å². The average molecular weight is 1620 g/mol. The Kier molecular flexibility index (Phi) is 25.4. The van der Waals surface area contributed by atoms with Gasteiger partial charge in [0.05, 0.1) is 96.3 Å². The summed E-state index contributed by atoms with van der Waals surface area (Å²) in [5.41, 5.74) is 20.7. The number of anilines is 5. The number of nitrogens with one attached hydrogen (secondary N) is 5. The summed E-state index contributed by atoms with van der Waals surface area (Å²) in [6.07, 6.45) is -0.653. The van der Waals surface area contributed by atoms with Crippen molar-refractivity contribution in [2.24, 2.45) is 0 Å². The molecule has 0 amide bonds. The van der Waals surface area contributed by atoms with Crippen molar-refractivity contribution in [3.8, 4) is 10.8 Å². The highest BCUT2D eigenvalue weighted by atomic mass is 32.2. The monoisotopic (exact) mass is 1620 g/mol. The van der Waals surface area contributed by atoms with Gasteiger partial charge in [-0.25, -0.2) is 4.39 Å². The average Bonchev–Trinajstić information content (AvgIpc) is 0.884. The van der Waals surface area contributed by atoms with E-state index in [1.54, 1.807) is 28.7 Å². The number of fused-ring (bicyclic) bond motifs is 15. The van der Waals surface area contributed by atoms with Crippen LogP contribution >= 0.6 is 46.2 Å². The maximum absolute atomic E-state index is 14.4. The number of hydrogen-bond donors (Lipinski definition) is 5. The molecule has 0 spiro atoms. The number of ether oxygens (including phenoxy) is 10. The van der Waals surface area contributed by atoms with Crippen LogP contribution in [0.1, 0.15) is 193 Å². The Morgan fingerprint density at radius 3 is 1.03 bits per heavy atom. The minimum atomic E-state index is -0.264. The van der Waals surface area contributed by atoms with Gasteiger partial charge in [-0.3, -0.25) is 0 Å². The number of halogens is 1. The Morgan fingerprint density at radius 1 is 0.357 bits per heavy atom. The number of thiophene rings is 2. The van der Waals surface area contributed by atoms with Crippen molar-refractivity contribution < 1.29 is 51.8 Å². The second-order valence-electron chi connectivity index (χ2n) is 31.6. The molecular formula is C93H98FN7O10S4. The lowest BCUT2D eigenvalue weighted by Crippen LogP contribution is -2.43. The van der Waals surface area contributed by atoms with Crippen LogP contribution in [0.15, 0.2) is 219 Å². The second-order valence-corrected chi connectivity index (χ2v) is 34.9. The molecule has 596 valence electrons. The van der Waals surface area contributed by atoms with Crippen molar-refractivity contribution in [1.29, 1.82) is 10.5 Å². The molecule has 15 atom stereocenters. The minimum Gasteiger partial charge on any atom is -0.375 e. The molecule has 10 aliphatic heterocycles. The Balaban J connectivity index is 0.000000108. The fraction of sp³-hybridized carbons (Fsp3) is 0.376. The van der Waals surface area contributed by atoms with E-state index in [0.29, 0.717) is 83.5 Å². The summed E-state index contributed by atoms with van der Waals surface area (Å²) in [5, 5.41) is 48.6. The van der Waals surface area contributed by atoms with Crippen LogP contribution in [0.3, 0.4) is 0 Å². The Bertz CT molecular complexity index is 4780. The fourth-order valence-corrected chi connectivity index (χ4v) is 19.2. The van der Waals surface area contributed by atoms with E-state index < -0.39 is 0 Å². The molecular weight excluding hydrogens is 1520 g/mol. The zero-order valence-corrected chi connectivity index (χ0v) is 68.8. The third kappa shape index (κ3) is 17.7. The summed E-state index contributed by atoms with van der Waals surface area (Å²) < 4.78 is 75.1. The van der Waals surface area contributed by atoms with Crippen molar-refractivity contribution in [3.63, 3.8) is 0 Å². The van der Waals surface area contributed by atoms with E-state index in [2.05, 4.69) is 198 Å². The van der Waals surface area contributed by atoms with E-state index in [4.69, 9.17) is 57.9 Å². The largest absolute Gasteiger partial charge is 0.375 e. The van der Waals surface area contributed by atoms with E-state index >= 15 is 0 Å². The standard InChI is InChI=1S/C21H24FNO2.2C18H16N2O2S.2C18H21NO2S/c1-21(2,3)13-8-9-17-15(12-13)19-20(25-11-10-24-19)18(23-17)14-6-4-5-7-16(14)22;2*19-11-23-13-6-7-15-14(10-13)17-18(22-9-8-21-17)16(20-15)12-4-2-1-3-5-12;2*1-11(2)12-3-4-15-14(9-12)17-18(21-7-6-20-17)16(19-15)13-5-8-22-10-13/h4-9,12,18-20,23H,10-11H2,1-3H3;2*1-7,10,16-18,20H,8-9H2;2*3-5,8-11,16-19H,6-7H2,1-2H3/t;16?,17-,18+;;16-,17+,18-;/m.1.1./s1. The van der Waals surface area contributed by atoms with Gasteiger partial charge >= 0.3 is 0 Å². The van der Waals surface area contributed by atoms with Crippen molar-refractivity contribution in [2.75, 3.05) is 92.7 Å². The molecule has 5 N–H and O–H groups in total. The van der Waals surface area contributed by atoms with Gasteiger partial charge in [-0.15, -0.1) is 0 Å². The predicted octanol–water partition coefficient (Wildman–Crippen LogP) is 21.5. The van der Waals surface area contributed by atoms with Crippen LogP contribution in [0, 0.1) is 27.1 Å². The van der Waals surface area contributed by atoms with Gasteiger partial charge in [0.2, 0.25) is 0 Å². The van der Waals surface area contributed by atoms with E-state index in [9.17, 15) is 4.39 Å².